The van der Waals surface area contributed by atoms with Crippen molar-refractivity contribution in [2.75, 3.05) is 66.9 Å². The Labute approximate surface area is 237 Å². The SMILES string of the molecule is Cc1cc(NC(=O)c2ccc(S(=O)(=O)CC3(C)COC3)cc2N2CCC3(CC2)CC3)nc(N2CCO[C@H](C)C2)c1. The van der Waals surface area contributed by atoms with Crippen molar-refractivity contribution in [3.8, 4) is 0 Å². The Morgan fingerprint density at radius 3 is 2.48 bits per heavy atom. The fourth-order valence-corrected chi connectivity index (χ4v) is 8.04. The van der Waals surface area contributed by atoms with E-state index in [-0.39, 0.29) is 28.1 Å². The highest BCUT2D eigenvalue weighted by Crippen LogP contribution is 2.54. The van der Waals surface area contributed by atoms with Gasteiger partial charge in [0.1, 0.15) is 11.6 Å². The predicted octanol–water partition coefficient (Wildman–Crippen LogP) is 4.06. The van der Waals surface area contributed by atoms with Crippen LogP contribution in [0, 0.1) is 17.8 Å². The molecule has 6 rings (SSSR count). The van der Waals surface area contributed by atoms with Crippen molar-refractivity contribution in [2.24, 2.45) is 10.8 Å². The monoisotopic (exact) mass is 568 g/mol. The van der Waals surface area contributed by atoms with Crippen molar-refractivity contribution in [3.63, 3.8) is 0 Å². The maximum Gasteiger partial charge on any atom is 0.258 e. The van der Waals surface area contributed by atoms with Gasteiger partial charge in [-0.1, -0.05) is 6.92 Å². The van der Waals surface area contributed by atoms with Crippen molar-refractivity contribution in [2.45, 2.75) is 57.5 Å². The van der Waals surface area contributed by atoms with Crippen LogP contribution in [0.25, 0.3) is 0 Å². The average molecular weight is 569 g/mol. The molecule has 0 bridgehead atoms. The van der Waals surface area contributed by atoms with E-state index >= 15 is 0 Å². The molecule has 4 fully saturated rings. The van der Waals surface area contributed by atoms with Gasteiger partial charge in [0.2, 0.25) is 0 Å². The van der Waals surface area contributed by atoms with Crippen LogP contribution in [0.1, 0.15) is 55.5 Å². The molecule has 1 amide bonds. The summed E-state index contributed by atoms with van der Waals surface area (Å²) in [4.78, 5) is 23.1. The van der Waals surface area contributed by atoms with Gasteiger partial charge < -0.3 is 24.6 Å². The Morgan fingerprint density at radius 1 is 1.07 bits per heavy atom. The summed E-state index contributed by atoms with van der Waals surface area (Å²) in [5, 5.41) is 3.01. The Kier molecular flexibility index (Phi) is 7.07. The lowest BCUT2D eigenvalue weighted by Crippen LogP contribution is -2.45. The summed E-state index contributed by atoms with van der Waals surface area (Å²) >= 11 is 0. The number of ether oxygens (including phenoxy) is 2. The molecule has 1 N–H and O–H groups in total. The first-order valence-electron chi connectivity index (χ1n) is 14.4. The van der Waals surface area contributed by atoms with Crippen LogP contribution in [0.2, 0.25) is 0 Å². The molecule has 0 unspecified atom stereocenters. The molecular weight excluding hydrogens is 528 g/mol. The molecule has 1 aromatic heterocycles. The van der Waals surface area contributed by atoms with E-state index in [1.807, 2.05) is 32.9 Å². The van der Waals surface area contributed by atoms with E-state index in [0.717, 1.165) is 50.4 Å². The highest BCUT2D eigenvalue weighted by Gasteiger charge is 2.45. The van der Waals surface area contributed by atoms with Crippen LogP contribution in [0.5, 0.6) is 0 Å². The Hall–Kier alpha value is -2.69. The lowest BCUT2D eigenvalue weighted by molar-refractivity contribution is -0.0870. The summed E-state index contributed by atoms with van der Waals surface area (Å²) in [6.45, 7) is 10.6. The van der Waals surface area contributed by atoms with Crippen molar-refractivity contribution >= 4 is 33.1 Å². The maximum atomic E-state index is 13.7. The van der Waals surface area contributed by atoms with Crippen molar-refractivity contribution < 1.29 is 22.7 Å². The number of amides is 1. The minimum atomic E-state index is -3.55. The zero-order valence-corrected chi connectivity index (χ0v) is 24.6. The van der Waals surface area contributed by atoms with Gasteiger partial charge in [0.05, 0.1) is 47.8 Å². The normalized spacial score (nSPS) is 23.5. The summed E-state index contributed by atoms with van der Waals surface area (Å²) in [5.74, 6) is 1.04. The number of hydrogen-bond donors (Lipinski definition) is 1. The van der Waals surface area contributed by atoms with Gasteiger partial charge >= 0.3 is 0 Å². The second-order valence-corrected chi connectivity index (χ2v) is 14.7. The third-order valence-corrected chi connectivity index (χ3v) is 10.9. The first-order chi connectivity index (χ1) is 19.0. The molecule has 216 valence electrons. The highest BCUT2D eigenvalue weighted by atomic mass is 32.2. The van der Waals surface area contributed by atoms with Crippen LogP contribution < -0.4 is 15.1 Å². The van der Waals surface area contributed by atoms with E-state index in [1.54, 1.807) is 18.2 Å². The predicted molar refractivity (Wildman–Crippen MR) is 155 cm³/mol. The van der Waals surface area contributed by atoms with Crippen LogP contribution in [-0.4, -0.2) is 77.2 Å². The number of carbonyl (C=O) groups is 1. The molecule has 0 radical (unpaired) electrons. The van der Waals surface area contributed by atoms with E-state index in [1.165, 1.54) is 12.8 Å². The van der Waals surface area contributed by atoms with E-state index in [9.17, 15) is 13.2 Å². The van der Waals surface area contributed by atoms with Crippen LogP contribution in [0.4, 0.5) is 17.3 Å². The molecular formula is C30H40N4O5S. The number of aromatic nitrogens is 1. The van der Waals surface area contributed by atoms with Crippen molar-refractivity contribution in [1.82, 2.24) is 4.98 Å². The number of hydrogen-bond acceptors (Lipinski definition) is 8. The molecule has 2 aromatic rings. The third-order valence-electron chi connectivity index (χ3n) is 8.90. The average Bonchev–Trinajstić information content (AvgIpc) is 3.66. The van der Waals surface area contributed by atoms with Gasteiger partial charge in [0.25, 0.3) is 5.91 Å². The molecule has 10 heteroatoms. The Bertz CT molecular complexity index is 1390. The third kappa shape index (κ3) is 5.71. The van der Waals surface area contributed by atoms with Crippen molar-refractivity contribution in [3.05, 3.63) is 41.5 Å². The van der Waals surface area contributed by atoms with Gasteiger partial charge in [-0.2, -0.15) is 0 Å². The van der Waals surface area contributed by atoms with E-state index in [2.05, 4.69) is 15.1 Å². The summed E-state index contributed by atoms with van der Waals surface area (Å²) in [6.07, 6.45) is 4.80. The molecule has 1 aliphatic carbocycles. The molecule has 40 heavy (non-hydrogen) atoms. The summed E-state index contributed by atoms with van der Waals surface area (Å²) in [6, 6.07) is 8.84. The first-order valence-corrected chi connectivity index (χ1v) is 16.0. The number of nitrogens with one attached hydrogen (secondary N) is 1. The van der Waals surface area contributed by atoms with Crippen LogP contribution in [0.3, 0.4) is 0 Å². The topological polar surface area (TPSA) is 101 Å². The fraction of sp³-hybridized carbons (Fsp3) is 0.600. The lowest BCUT2D eigenvalue weighted by atomic mass is 9.92. The molecule has 4 aliphatic rings. The smallest absolute Gasteiger partial charge is 0.258 e. The Balaban J connectivity index is 1.28. The molecule has 1 spiro atoms. The number of anilines is 3. The van der Waals surface area contributed by atoms with Gasteiger partial charge in [-0.05, 0) is 80.8 Å². The lowest BCUT2D eigenvalue weighted by Gasteiger charge is -2.38. The van der Waals surface area contributed by atoms with Crippen LogP contribution >= 0.6 is 0 Å². The largest absolute Gasteiger partial charge is 0.380 e. The Morgan fingerprint density at radius 2 is 1.82 bits per heavy atom. The second kappa shape index (κ2) is 10.3. The fourth-order valence-electron chi connectivity index (χ4n) is 6.22. The number of sulfone groups is 1. The molecule has 3 aliphatic heterocycles. The van der Waals surface area contributed by atoms with Gasteiger partial charge in [-0.25, -0.2) is 13.4 Å². The number of nitrogens with zero attached hydrogens (tertiary/aromatic N) is 3. The molecule has 1 saturated carbocycles. The molecule has 4 heterocycles. The zero-order valence-electron chi connectivity index (χ0n) is 23.7. The number of rotatable bonds is 7. The number of morpholine rings is 1. The van der Waals surface area contributed by atoms with Gasteiger partial charge in [-0.3, -0.25) is 4.79 Å². The minimum absolute atomic E-state index is 0.0320. The minimum Gasteiger partial charge on any atom is -0.380 e. The number of benzene rings is 1. The quantitative estimate of drug-likeness (QED) is 0.534. The van der Waals surface area contributed by atoms with Crippen LogP contribution in [-0.2, 0) is 19.3 Å². The maximum absolute atomic E-state index is 13.7. The molecule has 3 saturated heterocycles. The number of piperidine rings is 1. The van der Waals surface area contributed by atoms with Gasteiger partial charge in [0.15, 0.2) is 9.84 Å². The number of pyridine rings is 1. The van der Waals surface area contributed by atoms with E-state index in [4.69, 9.17) is 14.5 Å². The molecule has 9 nitrogen and oxygen atoms in total. The first kappa shape index (κ1) is 27.5. The molecule has 1 atom stereocenters. The second-order valence-electron chi connectivity index (χ2n) is 12.7. The zero-order chi connectivity index (χ0) is 28.1. The van der Waals surface area contributed by atoms with Gasteiger partial charge in [-0.15, -0.1) is 0 Å². The number of carbonyl (C=O) groups excluding carboxylic acids is 1. The summed E-state index contributed by atoms with van der Waals surface area (Å²) in [5.41, 5.74) is 2.24. The number of aryl methyl sites for hydroxylation is 1. The van der Waals surface area contributed by atoms with Crippen LogP contribution in [0.15, 0.2) is 35.2 Å². The van der Waals surface area contributed by atoms with Gasteiger partial charge in [0, 0.05) is 31.6 Å². The molecule has 1 aromatic carbocycles. The van der Waals surface area contributed by atoms with Crippen molar-refractivity contribution in [1.29, 1.82) is 0 Å². The van der Waals surface area contributed by atoms with E-state index in [0.29, 0.717) is 42.3 Å². The summed E-state index contributed by atoms with van der Waals surface area (Å²) in [7, 11) is -3.55. The standard InChI is InChI=1S/C30H40N4O5S/c1-21-14-26(31-27(15-21)34-12-13-39-22(2)17-34)32-28(35)24-5-4-23(40(36,37)20-29(3)18-38-19-29)16-25(24)33-10-8-30(6-7-30)9-11-33/h4-5,14-16,22H,6-13,17-20H2,1-3H3,(H,31,32,35)/t22-/m1/s1. The van der Waals surface area contributed by atoms with E-state index < -0.39 is 9.84 Å². The summed E-state index contributed by atoms with van der Waals surface area (Å²) < 4.78 is 37.8. The highest BCUT2D eigenvalue weighted by molar-refractivity contribution is 7.91.